The molecule has 3 aromatic rings. The van der Waals surface area contributed by atoms with Crippen molar-refractivity contribution in [3.63, 3.8) is 0 Å². The molecule has 154 valence electrons. The molecule has 7 nitrogen and oxygen atoms in total. The molecule has 1 aliphatic heterocycles. The first-order valence-electron chi connectivity index (χ1n) is 9.71. The Kier molecular flexibility index (Phi) is 4.81. The fraction of sp³-hybridized carbons (Fsp3) is 0.261. The molecule has 1 N–H and O–H groups in total. The van der Waals surface area contributed by atoms with Crippen molar-refractivity contribution in [3.8, 4) is 0 Å². The van der Waals surface area contributed by atoms with E-state index < -0.39 is 17.5 Å². The van der Waals surface area contributed by atoms with E-state index in [1.807, 2.05) is 49.4 Å². The predicted molar refractivity (Wildman–Crippen MR) is 111 cm³/mol. The summed E-state index contributed by atoms with van der Waals surface area (Å²) >= 11 is 0. The van der Waals surface area contributed by atoms with Crippen LogP contribution in [0.5, 0.6) is 0 Å². The van der Waals surface area contributed by atoms with Gasteiger partial charge >= 0.3 is 6.03 Å². The van der Waals surface area contributed by atoms with Gasteiger partial charge in [-0.05, 0) is 37.1 Å². The standard InChI is InChI=1S/C23H23N3O4/c1-15-8-4-5-10-17(15)13-25(3)20(27)14-26-21(28)23(2,24-22(26)29)19-12-16-9-6-7-11-18(16)30-19/h4-12H,13-14H2,1-3H3,(H,24,29). The number of fused-ring (bicyclic) bond motifs is 1. The zero-order valence-corrected chi connectivity index (χ0v) is 17.1. The SMILES string of the molecule is Cc1ccccc1CN(C)C(=O)CN1C(=O)NC(C)(c2cc3ccccc3o2)C1=O. The van der Waals surface area contributed by atoms with Crippen LogP contribution in [0.25, 0.3) is 11.0 Å². The van der Waals surface area contributed by atoms with Crippen molar-refractivity contribution in [1.82, 2.24) is 15.1 Å². The summed E-state index contributed by atoms with van der Waals surface area (Å²) in [6, 6.07) is 16.3. The Balaban J connectivity index is 1.51. The van der Waals surface area contributed by atoms with Gasteiger partial charge < -0.3 is 14.6 Å². The highest BCUT2D eigenvalue weighted by Gasteiger charge is 2.51. The largest absolute Gasteiger partial charge is 0.458 e. The number of carbonyl (C=O) groups excluding carboxylic acids is 3. The third-order valence-electron chi connectivity index (χ3n) is 5.58. The molecule has 1 saturated heterocycles. The number of likely N-dealkylation sites (N-methyl/N-ethyl adjacent to an activating group) is 1. The average molecular weight is 405 g/mol. The number of hydrogen-bond acceptors (Lipinski definition) is 4. The van der Waals surface area contributed by atoms with Gasteiger partial charge in [0, 0.05) is 19.0 Å². The molecule has 1 atom stereocenters. The van der Waals surface area contributed by atoms with E-state index in [0.717, 1.165) is 21.4 Å². The van der Waals surface area contributed by atoms with E-state index in [-0.39, 0.29) is 12.5 Å². The molecule has 2 heterocycles. The summed E-state index contributed by atoms with van der Waals surface area (Å²) < 4.78 is 5.81. The highest BCUT2D eigenvalue weighted by Crippen LogP contribution is 2.33. The Morgan fingerprint density at radius 2 is 1.83 bits per heavy atom. The number of hydrogen-bond donors (Lipinski definition) is 1. The lowest BCUT2D eigenvalue weighted by Gasteiger charge is -2.22. The van der Waals surface area contributed by atoms with Crippen molar-refractivity contribution in [3.05, 3.63) is 71.5 Å². The summed E-state index contributed by atoms with van der Waals surface area (Å²) in [5.41, 5.74) is 1.36. The van der Waals surface area contributed by atoms with E-state index >= 15 is 0 Å². The number of para-hydroxylation sites is 1. The molecule has 0 saturated carbocycles. The van der Waals surface area contributed by atoms with Gasteiger partial charge in [-0.3, -0.25) is 14.5 Å². The zero-order valence-electron chi connectivity index (χ0n) is 17.1. The Morgan fingerprint density at radius 3 is 2.57 bits per heavy atom. The lowest BCUT2D eigenvalue weighted by Crippen LogP contribution is -2.43. The number of carbonyl (C=O) groups is 3. The van der Waals surface area contributed by atoms with E-state index in [1.54, 1.807) is 26.1 Å². The van der Waals surface area contributed by atoms with Gasteiger partial charge in [0.1, 0.15) is 17.9 Å². The molecule has 7 heteroatoms. The van der Waals surface area contributed by atoms with Crippen LogP contribution in [-0.4, -0.2) is 41.2 Å². The van der Waals surface area contributed by atoms with Gasteiger partial charge in [-0.2, -0.15) is 0 Å². The van der Waals surface area contributed by atoms with Crippen molar-refractivity contribution in [2.45, 2.75) is 25.9 Å². The molecule has 30 heavy (non-hydrogen) atoms. The van der Waals surface area contributed by atoms with Gasteiger partial charge in [0.15, 0.2) is 5.54 Å². The molecule has 1 fully saturated rings. The van der Waals surface area contributed by atoms with Gasteiger partial charge in [0.2, 0.25) is 5.91 Å². The first-order chi connectivity index (χ1) is 14.3. The summed E-state index contributed by atoms with van der Waals surface area (Å²) in [7, 11) is 1.66. The topological polar surface area (TPSA) is 82.9 Å². The van der Waals surface area contributed by atoms with Crippen LogP contribution >= 0.6 is 0 Å². The number of aryl methyl sites for hydroxylation is 1. The quantitative estimate of drug-likeness (QED) is 0.661. The smallest absolute Gasteiger partial charge is 0.325 e. The number of benzene rings is 2. The van der Waals surface area contributed by atoms with E-state index in [9.17, 15) is 14.4 Å². The summed E-state index contributed by atoms with van der Waals surface area (Å²) in [4.78, 5) is 40.8. The van der Waals surface area contributed by atoms with Gasteiger partial charge in [-0.1, -0.05) is 42.5 Å². The number of nitrogens with one attached hydrogen (secondary N) is 1. The van der Waals surface area contributed by atoms with Crippen LogP contribution in [0.2, 0.25) is 0 Å². The van der Waals surface area contributed by atoms with Crippen LogP contribution in [0.15, 0.2) is 59.0 Å². The Bertz CT molecular complexity index is 1120. The van der Waals surface area contributed by atoms with Crippen molar-refractivity contribution in [2.24, 2.45) is 0 Å². The minimum Gasteiger partial charge on any atom is -0.458 e. The maximum absolute atomic E-state index is 13.1. The number of urea groups is 1. The third-order valence-corrected chi connectivity index (χ3v) is 5.58. The van der Waals surface area contributed by atoms with Crippen molar-refractivity contribution in [2.75, 3.05) is 13.6 Å². The fourth-order valence-corrected chi connectivity index (χ4v) is 3.62. The molecule has 4 amide bonds. The third kappa shape index (κ3) is 3.32. The molecule has 1 aromatic heterocycles. The lowest BCUT2D eigenvalue weighted by molar-refractivity contribution is -0.138. The first-order valence-corrected chi connectivity index (χ1v) is 9.71. The predicted octanol–water partition coefficient (Wildman–Crippen LogP) is 3.17. The highest BCUT2D eigenvalue weighted by atomic mass is 16.3. The fourth-order valence-electron chi connectivity index (χ4n) is 3.62. The highest BCUT2D eigenvalue weighted by molar-refractivity contribution is 6.09. The second-order valence-electron chi connectivity index (χ2n) is 7.77. The molecule has 0 bridgehead atoms. The summed E-state index contributed by atoms with van der Waals surface area (Å²) in [5.74, 6) is -0.495. The molecule has 0 aliphatic carbocycles. The minimum atomic E-state index is -1.36. The first kappa shape index (κ1) is 19.7. The second kappa shape index (κ2) is 7.33. The molecular weight excluding hydrogens is 382 g/mol. The molecule has 1 unspecified atom stereocenters. The zero-order chi connectivity index (χ0) is 21.5. The minimum absolute atomic E-state index is 0.324. The van der Waals surface area contributed by atoms with Crippen LogP contribution in [-0.2, 0) is 21.7 Å². The average Bonchev–Trinajstić information content (AvgIpc) is 3.25. The van der Waals surface area contributed by atoms with Gasteiger partial charge in [0.05, 0.1) is 0 Å². The van der Waals surface area contributed by atoms with Crippen LogP contribution in [0.3, 0.4) is 0 Å². The van der Waals surface area contributed by atoms with Crippen LogP contribution in [0.1, 0.15) is 23.8 Å². The van der Waals surface area contributed by atoms with Crippen molar-refractivity contribution >= 4 is 28.8 Å². The van der Waals surface area contributed by atoms with E-state index in [0.29, 0.717) is 17.9 Å². The number of rotatable bonds is 5. The van der Waals surface area contributed by atoms with Crippen molar-refractivity contribution in [1.29, 1.82) is 0 Å². The molecule has 2 aromatic carbocycles. The van der Waals surface area contributed by atoms with E-state index in [1.165, 1.54) is 4.90 Å². The lowest BCUT2D eigenvalue weighted by atomic mass is 9.99. The molecular formula is C23H23N3O4. The molecule has 1 aliphatic rings. The van der Waals surface area contributed by atoms with Crippen LogP contribution in [0.4, 0.5) is 4.79 Å². The summed E-state index contributed by atoms with van der Waals surface area (Å²) in [6.07, 6.45) is 0. The van der Waals surface area contributed by atoms with Crippen LogP contribution in [0, 0.1) is 6.92 Å². The van der Waals surface area contributed by atoms with Crippen LogP contribution < -0.4 is 5.32 Å². The Hall–Kier alpha value is -3.61. The normalized spacial score (nSPS) is 18.7. The molecule has 4 rings (SSSR count). The van der Waals surface area contributed by atoms with E-state index in [4.69, 9.17) is 4.42 Å². The Labute approximate surface area is 174 Å². The monoisotopic (exact) mass is 405 g/mol. The Morgan fingerprint density at radius 1 is 1.13 bits per heavy atom. The summed E-state index contributed by atoms with van der Waals surface area (Å²) in [6.45, 7) is 3.63. The number of imide groups is 1. The number of furan rings is 1. The van der Waals surface area contributed by atoms with Gasteiger partial charge in [-0.15, -0.1) is 0 Å². The van der Waals surface area contributed by atoms with Gasteiger partial charge in [0.25, 0.3) is 5.91 Å². The molecule has 0 radical (unpaired) electrons. The maximum Gasteiger partial charge on any atom is 0.325 e. The number of nitrogens with zero attached hydrogens (tertiary/aromatic N) is 2. The summed E-state index contributed by atoms with van der Waals surface area (Å²) in [5, 5.41) is 3.52. The maximum atomic E-state index is 13.1. The number of amides is 4. The molecule has 0 spiro atoms. The van der Waals surface area contributed by atoms with E-state index in [2.05, 4.69) is 5.32 Å². The van der Waals surface area contributed by atoms with Gasteiger partial charge in [-0.25, -0.2) is 4.79 Å². The van der Waals surface area contributed by atoms with Crippen molar-refractivity contribution < 1.29 is 18.8 Å². The second-order valence-corrected chi connectivity index (χ2v) is 7.77.